The number of ether oxygens (including phenoxy) is 1. The summed E-state index contributed by atoms with van der Waals surface area (Å²) in [5.41, 5.74) is 3.07. The molecule has 0 N–H and O–H groups in total. The Labute approximate surface area is 122 Å². The van der Waals surface area contributed by atoms with E-state index < -0.39 is 0 Å². The summed E-state index contributed by atoms with van der Waals surface area (Å²) in [6.07, 6.45) is 2.43. The standard InChI is InChI=1S/C14H19N3O2S/c1-9-5-10(2)17-7-12(16-14(17)15-9)8-20-11(3)6-13(18)19-4/h5,7,11H,6,8H2,1-4H3/t11-/m0/s1. The van der Waals surface area contributed by atoms with Gasteiger partial charge in [0.15, 0.2) is 0 Å². The number of carbonyl (C=O) groups excluding carboxylic acids is 1. The van der Waals surface area contributed by atoms with E-state index in [2.05, 4.69) is 14.7 Å². The van der Waals surface area contributed by atoms with E-state index in [4.69, 9.17) is 0 Å². The SMILES string of the molecule is COC(=O)C[C@H](C)SCc1cn2c(C)cc(C)nc2n1. The van der Waals surface area contributed by atoms with Gasteiger partial charge in [0, 0.05) is 28.6 Å². The van der Waals surface area contributed by atoms with Crippen LogP contribution in [0.3, 0.4) is 0 Å². The molecule has 2 heterocycles. The van der Waals surface area contributed by atoms with E-state index in [1.807, 2.05) is 37.4 Å². The second kappa shape index (κ2) is 6.26. The normalized spacial score (nSPS) is 12.6. The van der Waals surface area contributed by atoms with Gasteiger partial charge in [-0.2, -0.15) is 11.8 Å². The summed E-state index contributed by atoms with van der Waals surface area (Å²) in [7, 11) is 1.42. The van der Waals surface area contributed by atoms with Crippen LogP contribution in [-0.2, 0) is 15.3 Å². The minimum Gasteiger partial charge on any atom is -0.469 e. The Balaban J connectivity index is 2.03. The molecule has 0 amide bonds. The summed E-state index contributed by atoms with van der Waals surface area (Å²) in [4.78, 5) is 20.1. The van der Waals surface area contributed by atoms with Crippen LogP contribution < -0.4 is 0 Å². The number of fused-ring (bicyclic) bond motifs is 1. The van der Waals surface area contributed by atoms with Crippen molar-refractivity contribution in [1.82, 2.24) is 14.4 Å². The minimum atomic E-state index is -0.173. The highest BCUT2D eigenvalue weighted by Gasteiger charge is 2.11. The van der Waals surface area contributed by atoms with Crippen LogP contribution in [0.5, 0.6) is 0 Å². The average Bonchev–Trinajstić information content (AvgIpc) is 2.79. The predicted molar refractivity (Wildman–Crippen MR) is 79.9 cm³/mol. The van der Waals surface area contributed by atoms with E-state index in [9.17, 15) is 4.79 Å². The lowest BCUT2D eigenvalue weighted by atomic mass is 10.3. The molecule has 0 aromatic carbocycles. The number of aryl methyl sites for hydroxylation is 2. The zero-order valence-corrected chi connectivity index (χ0v) is 13.0. The number of thioether (sulfide) groups is 1. The lowest BCUT2D eigenvalue weighted by Gasteiger charge is -2.07. The molecule has 0 fully saturated rings. The van der Waals surface area contributed by atoms with Crippen molar-refractivity contribution < 1.29 is 9.53 Å². The van der Waals surface area contributed by atoms with Crippen molar-refractivity contribution in [1.29, 1.82) is 0 Å². The van der Waals surface area contributed by atoms with Gasteiger partial charge in [0.1, 0.15) is 0 Å². The number of nitrogens with zero attached hydrogens (tertiary/aromatic N) is 3. The number of esters is 1. The molecule has 108 valence electrons. The molecule has 0 unspecified atom stereocenters. The third-order valence-corrected chi connectivity index (χ3v) is 4.21. The van der Waals surface area contributed by atoms with Gasteiger partial charge >= 0.3 is 5.97 Å². The smallest absolute Gasteiger partial charge is 0.306 e. The molecule has 2 aromatic heterocycles. The quantitative estimate of drug-likeness (QED) is 0.793. The van der Waals surface area contributed by atoms with E-state index in [0.29, 0.717) is 6.42 Å². The van der Waals surface area contributed by atoms with E-state index in [0.717, 1.165) is 28.6 Å². The highest BCUT2D eigenvalue weighted by atomic mass is 32.2. The topological polar surface area (TPSA) is 56.5 Å². The fraction of sp³-hybridized carbons (Fsp3) is 0.500. The summed E-state index contributed by atoms with van der Waals surface area (Å²) < 4.78 is 6.66. The third kappa shape index (κ3) is 3.50. The number of hydrogen-bond donors (Lipinski definition) is 0. The second-order valence-corrected chi connectivity index (χ2v) is 6.27. The number of methoxy groups -OCH3 is 1. The second-order valence-electron chi connectivity index (χ2n) is 4.84. The van der Waals surface area contributed by atoms with E-state index in [1.54, 1.807) is 11.8 Å². The number of carbonyl (C=O) groups is 1. The Morgan fingerprint density at radius 3 is 2.90 bits per heavy atom. The van der Waals surface area contributed by atoms with Gasteiger partial charge in [-0.05, 0) is 19.9 Å². The first-order valence-corrected chi connectivity index (χ1v) is 7.55. The fourth-order valence-electron chi connectivity index (χ4n) is 1.99. The largest absolute Gasteiger partial charge is 0.469 e. The van der Waals surface area contributed by atoms with E-state index in [-0.39, 0.29) is 11.2 Å². The van der Waals surface area contributed by atoms with Crippen molar-refractivity contribution >= 4 is 23.5 Å². The van der Waals surface area contributed by atoms with Crippen LogP contribution in [0.1, 0.15) is 30.4 Å². The van der Waals surface area contributed by atoms with Crippen LogP contribution in [0.15, 0.2) is 12.3 Å². The summed E-state index contributed by atoms with van der Waals surface area (Å²) in [5.74, 6) is 1.33. The zero-order valence-electron chi connectivity index (χ0n) is 12.2. The number of aromatic nitrogens is 3. The molecule has 6 heteroatoms. The predicted octanol–water partition coefficient (Wildman–Crippen LogP) is 2.53. The van der Waals surface area contributed by atoms with Gasteiger partial charge in [-0.3, -0.25) is 9.20 Å². The molecule has 0 bridgehead atoms. The molecule has 0 saturated heterocycles. The number of hydrogen-bond acceptors (Lipinski definition) is 5. The summed E-state index contributed by atoms with van der Waals surface area (Å²) in [6, 6.07) is 2.03. The van der Waals surface area contributed by atoms with Crippen molar-refractivity contribution in [2.45, 2.75) is 38.2 Å². The van der Waals surface area contributed by atoms with Crippen LogP contribution in [0, 0.1) is 13.8 Å². The number of imidazole rings is 1. The molecule has 0 spiro atoms. The Morgan fingerprint density at radius 1 is 1.45 bits per heavy atom. The van der Waals surface area contributed by atoms with Crippen molar-refractivity contribution in [3.63, 3.8) is 0 Å². The van der Waals surface area contributed by atoms with Crippen molar-refractivity contribution in [3.05, 3.63) is 29.3 Å². The van der Waals surface area contributed by atoms with Crippen LogP contribution >= 0.6 is 11.8 Å². The maximum atomic E-state index is 11.2. The summed E-state index contributed by atoms with van der Waals surface area (Å²) in [5, 5.41) is 0.211. The van der Waals surface area contributed by atoms with Gasteiger partial charge in [0.25, 0.3) is 0 Å². The average molecular weight is 293 g/mol. The van der Waals surface area contributed by atoms with Crippen molar-refractivity contribution in [3.8, 4) is 0 Å². The first kappa shape index (κ1) is 14.8. The van der Waals surface area contributed by atoms with Crippen LogP contribution in [-0.4, -0.2) is 32.7 Å². The molecule has 0 aliphatic rings. The Bertz CT molecular complexity index is 624. The van der Waals surface area contributed by atoms with Crippen LogP contribution in [0.25, 0.3) is 5.78 Å². The summed E-state index contributed by atoms with van der Waals surface area (Å²) in [6.45, 7) is 6.03. The number of rotatable bonds is 5. The maximum Gasteiger partial charge on any atom is 0.306 e. The van der Waals surface area contributed by atoms with Gasteiger partial charge in [0.2, 0.25) is 5.78 Å². The lowest BCUT2D eigenvalue weighted by molar-refractivity contribution is -0.140. The van der Waals surface area contributed by atoms with Crippen molar-refractivity contribution in [2.75, 3.05) is 7.11 Å². The van der Waals surface area contributed by atoms with Crippen LogP contribution in [0.4, 0.5) is 0 Å². The molecule has 0 saturated carbocycles. The molecule has 5 nitrogen and oxygen atoms in total. The highest BCUT2D eigenvalue weighted by molar-refractivity contribution is 7.99. The van der Waals surface area contributed by atoms with Gasteiger partial charge < -0.3 is 4.74 Å². The van der Waals surface area contributed by atoms with Gasteiger partial charge in [-0.1, -0.05) is 6.92 Å². The Kier molecular flexibility index (Phi) is 4.65. The van der Waals surface area contributed by atoms with Gasteiger partial charge in [-0.25, -0.2) is 9.97 Å². The van der Waals surface area contributed by atoms with Crippen LogP contribution in [0.2, 0.25) is 0 Å². The molecule has 1 atom stereocenters. The first-order chi connectivity index (χ1) is 9.49. The maximum absolute atomic E-state index is 11.2. The molecule has 2 rings (SSSR count). The van der Waals surface area contributed by atoms with E-state index in [1.165, 1.54) is 7.11 Å². The van der Waals surface area contributed by atoms with Gasteiger partial charge in [-0.15, -0.1) is 0 Å². The molecule has 0 radical (unpaired) electrons. The summed E-state index contributed by atoms with van der Waals surface area (Å²) >= 11 is 1.69. The molecule has 20 heavy (non-hydrogen) atoms. The molecular weight excluding hydrogens is 274 g/mol. The zero-order chi connectivity index (χ0) is 14.7. The van der Waals surface area contributed by atoms with Gasteiger partial charge in [0.05, 0.1) is 19.2 Å². The Hall–Kier alpha value is -1.56. The van der Waals surface area contributed by atoms with Crippen molar-refractivity contribution in [2.24, 2.45) is 0 Å². The fourth-order valence-corrected chi connectivity index (χ4v) is 2.84. The minimum absolute atomic E-state index is 0.173. The molecule has 0 aliphatic heterocycles. The highest BCUT2D eigenvalue weighted by Crippen LogP contribution is 2.20. The lowest BCUT2D eigenvalue weighted by Crippen LogP contribution is -2.08. The Morgan fingerprint density at radius 2 is 2.20 bits per heavy atom. The molecule has 0 aliphatic carbocycles. The first-order valence-electron chi connectivity index (χ1n) is 6.50. The van der Waals surface area contributed by atoms with E-state index >= 15 is 0 Å². The third-order valence-electron chi connectivity index (χ3n) is 3.01. The monoisotopic (exact) mass is 293 g/mol. The molecule has 2 aromatic rings. The molecular formula is C14H19N3O2S.